The van der Waals surface area contributed by atoms with Gasteiger partial charge >= 0.3 is 0 Å². The van der Waals surface area contributed by atoms with E-state index in [1.807, 2.05) is 22.6 Å². The molecule has 24 heavy (non-hydrogen) atoms. The highest BCUT2D eigenvalue weighted by Gasteiger charge is 2.47. The van der Waals surface area contributed by atoms with Gasteiger partial charge in [0.2, 0.25) is 0 Å². The second-order valence-electron chi connectivity index (χ2n) is 5.24. The Morgan fingerprint density at radius 2 is 2.17 bits per heavy atom. The van der Waals surface area contributed by atoms with Crippen LogP contribution in [0.1, 0.15) is 13.2 Å². The summed E-state index contributed by atoms with van der Waals surface area (Å²) in [5.74, 6) is 0.0625. The SMILES string of the molecule is CCNC(=O)[C@H]1O[C@@H](n2cnc3c(NC)nc(I)nc32)[C@H](O)[C@@H]1O. The quantitative estimate of drug-likeness (QED) is 0.354. The number of rotatable bonds is 4. The van der Waals surface area contributed by atoms with Crippen LogP contribution in [0.5, 0.6) is 0 Å². The van der Waals surface area contributed by atoms with Crippen molar-refractivity contribution in [2.75, 3.05) is 18.9 Å². The molecule has 0 spiro atoms. The number of amides is 1. The average Bonchev–Trinajstić information content (AvgIpc) is 3.09. The lowest BCUT2D eigenvalue weighted by molar-refractivity contribution is -0.137. The zero-order valence-electron chi connectivity index (χ0n) is 13.0. The minimum absolute atomic E-state index is 0.400. The van der Waals surface area contributed by atoms with Gasteiger partial charge in [0, 0.05) is 36.2 Å². The van der Waals surface area contributed by atoms with Crippen molar-refractivity contribution in [3.05, 3.63) is 10.2 Å². The van der Waals surface area contributed by atoms with Gasteiger partial charge in [0.1, 0.15) is 12.2 Å². The minimum atomic E-state index is -1.34. The van der Waals surface area contributed by atoms with Gasteiger partial charge in [0.15, 0.2) is 33.1 Å². The Bertz CT molecular complexity index is 768. The molecule has 10 nitrogen and oxygen atoms in total. The first-order chi connectivity index (χ1) is 11.5. The highest BCUT2D eigenvalue weighted by Crippen LogP contribution is 2.32. The number of halogens is 1. The maximum atomic E-state index is 12.0. The van der Waals surface area contributed by atoms with Crippen LogP contribution in [0.15, 0.2) is 6.33 Å². The summed E-state index contributed by atoms with van der Waals surface area (Å²) in [7, 11) is 1.71. The van der Waals surface area contributed by atoms with Gasteiger partial charge in [-0.15, -0.1) is 0 Å². The highest BCUT2D eigenvalue weighted by atomic mass is 127. The van der Waals surface area contributed by atoms with E-state index in [0.717, 1.165) is 0 Å². The molecule has 4 N–H and O–H groups in total. The van der Waals surface area contributed by atoms with E-state index in [1.165, 1.54) is 10.9 Å². The Morgan fingerprint density at radius 3 is 2.83 bits per heavy atom. The molecule has 0 unspecified atom stereocenters. The van der Waals surface area contributed by atoms with Crippen molar-refractivity contribution in [3.8, 4) is 0 Å². The molecule has 1 aliphatic rings. The number of hydrogen-bond donors (Lipinski definition) is 4. The number of likely N-dealkylation sites (N-methyl/N-ethyl adjacent to an activating group) is 1. The smallest absolute Gasteiger partial charge is 0.252 e. The summed E-state index contributed by atoms with van der Waals surface area (Å²) in [5, 5.41) is 25.9. The molecule has 1 aliphatic heterocycles. The van der Waals surface area contributed by atoms with Crippen molar-refractivity contribution in [2.45, 2.75) is 31.5 Å². The summed E-state index contributed by atoms with van der Waals surface area (Å²) in [6.07, 6.45) is -3.33. The second kappa shape index (κ2) is 6.74. The molecule has 1 amide bonds. The average molecular weight is 448 g/mol. The molecule has 2 aromatic heterocycles. The largest absolute Gasteiger partial charge is 0.387 e. The molecular formula is C13H17IN6O4. The van der Waals surface area contributed by atoms with Gasteiger partial charge in [0.05, 0.1) is 6.33 Å². The maximum absolute atomic E-state index is 12.0. The third-order valence-electron chi connectivity index (χ3n) is 3.75. The lowest BCUT2D eigenvalue weighted by atomic mass is 10.1. The number of nitrogens with zero attached hydrogens (tertiary/aromatic N) is 4. The van der Waals surface area contributed by atoms with Gasteiger partial charge in [0.25, 0.3) is 5.91 Å². The van der Waals surface area contributed by atoms with E-state index in [9.17, 15) is 15.0 Å². The molecule has 0 saturated carbocycles. The Kier molecular flexibility index (Phi) is 4.85. The van der Waals surface area contributed by atoms with E-state index >= 15 is 0 Å². The fourth-order valence-corrected chi connectivity index (χ4v) is 3.10. The molecule has 4 atom stereocenters. The number of aliphatic hydroxyl groups excluding tert-OH is 2. The first kappa shape index (κ1) is 17.3. The van der Waals surface area contributed by atoms with Crippen molar-refractivity contribution in [3.63, 3.8) is 0 Å². The van der Waals surface area contributed by atoms with Gasteiger partial charge in [-0.3, -0.25) is 9.36 Å². The molecule has 0 radical (unpaired) electrons. The van der Waals surface area contributed by atoms with Crippen molar-refractivity contribution >= 4 is 45.5 Å². The molecular weight excluding hydrogens is 431 g/mol. The summed E-state index contributed by atoms with van der Waals surface area (Å²) in [5.41, 5.74) is 0.941. The Balaban J connectivity index is 1.99. The molecule has 0 aromatic carbocycles. The molecule has 2 aromatic rings. The standard InChI is InChI=1S/C13H17IN6O4/c1-3-16-11(23)8-6(21)7(22)12(24-8)20-4-17-5-9(15-2)18-13(14)19-10(5)20/h4,6-8,12,21-22H,3H2,1-2H3,(H,16,23)(H,15,18,19)/t6-,7+,8-,12+/m0/s1. The van der Waals surface area contributed by atoms with Gasteiger partial charge in [-0.05, 0) is 6.92 Å². The Labute approximate surface area is 150 Å². The number of aliphatic hydroxyl groups is 2. The number of imidazole rings is 1. The lowest BCUT2D eigenvalue weighted by Crippen LogP contribution is -2.42. The summed E-state index contributed by atoms with van der Waals surface area (Å²) >= 11 is 1.97. The van der Waals surface area contributed by atoms with Gasteiger partial charge in [-0.25, -0.2) is 15.0 Å². The zero-order chi connectivity index (χ0) is 17.4. The van der Waals surface area contributed by atoms with E-state index in [0.29, 0.717) is 27.4 Å². The normalized spacial score (nSPS) is 26.7. The van der Waals surface area contributed by atoms with Crippen LogP contribution < -0.4 is 10.6 Å². The van der Waals surface area contributed by atoms with Crippen LogP contribution in [-0.4, -0.2) is 67.5 Å². The van der Waals surface area contributed by atoms with Gasteiger partial charge < -0.3 is 25.6 Å². The maximum Gasteiger partial charge on any atom is 0.252 e. The first-order valence-electron chi connectivity index (χ1n) is 7.35. The van der Waals surface area contributed by atoms with Crippen LogP contribution in [0.25, 0.3) is 11.2 Å². The number of nitrogens with one attached hydrogen (secondary N) is 2. The summed E-state index contributed by atoms with van der Waals surface area (Å²) < 4.78 is 7.57. The number of aromatic nitrogens is 4. The van der Waals surface area contributed by atoms with Crippen LogP contribution in [-0.2, 0) is 9.53 Å². The number of fused-ring (bicyclic) bond motifs is 1. The van der Waals surface area contributed by atoms with Crippen molar-refractivity contribution < 1.29 is 19.7 Å². The third-order valence-corrected chi connectivity index (χ3v) is 4.24. The third kappa shape index (κ3) is 2.81. The number of ether oxygens (including phenoxy) is 1. The molecule has 11 heteroatoms. The molecule has 130 valence electrons. The number of carbonyl (C=O) groups excluding carboxylic acids is 1. The predicted octanol–water partition coefficient (Wildman–Crippen LogP) is -0.772. The fraction of sp³-hybridized carbons (Fsp3) is 0.538. The molecule has 1 fully saturated rings. The number of anilines is 1. The second-order valence-corrected chi connectivity index (χ2v) is 6.20. The first-order valence-corrected chi connectivity index (χ1v) is 8.43. The van der Waals surface area contributed by atoms with Crippen LogP contribution in [0.2, 0.25) is 0 Å². The van der Waals surface area contributed by atoms with Crippen LogP contribution >= 0.6 is 22.6 Å². The number of hydrogen-bond acceptors (Lipinski definition) is 8. The summed E-state index contributed by atoms with van der Waals surface area (Å²) in [6, 6.07) is 0. The summed E-state index contributed by atoms with van der Waals surface area (Å²) in [6.45, 7) is 2.16. The van der Waals surface area contributed by atoms with Crippen molar-refractivity contribution in [1.29, 1.82) is 0 Å². The van der Waals surface area contributed by atoms with Crippen molar-refractivity contribution in [2.24, 2.45) is 0 Å². The fourth-order valence-electron chi connectivity index (χ4n) is 2.63. The summed E-state index contributed by atoms with van der Waals surface area (Å²) in [4.78, 5) is 24.8. The zero-order valence-corrected chi connectivity index (χ0v) is 15.1. The Hall–Kier alpha value is -1.57. The Morgan fingerprint density at radius 1 is 1.42 bits per heavy atom. The highest BCUT2D eigenvalue weighted by molar-refractivity contribution is 14.1. The molecule has 3 heterocycles. The van der Waals surface area contributed by atoms with E-state index in [2.05, 4.69) is 25.6 Å². The predicted molar refractivity (Wildman–Crippen MR) is 92.2 cm³/mol. The molecule has 3 rings (SSSR count). The molecule has 0 aliphatic carbocycles. The monoisotopic (exact) mass is 448 g/mol. The number of carbonyl (C=O) groups is 1. The lowest BCUT2D eigenvalue weighted by Gasteiger charge is -2.16. The molecule has 0 bridgehead atoms. The van der Waals surface area contributed by atoms with Crippen LogP contribution in [0.3, 0.4) is 0 Å². The molecule has 1 saturated heterocycles. The van der Waals surface area contributed by atoms with Crippen LogP contribution in [0, 0.1) is 3.83 Å². The van der Waals surface area contributed by atoms with Gasteiger partial charge in [-0.1, -0.05) is 0 Å². The van der Waals surface area contributed by atoms with Crippen LogP contribution in [0.4, 0.5) is 5.82 Å². The van der Waals surface area contributed by atoms with E-state index in [1.54, 1.807) is 14.0 Å². The van der Waals surface area contributed by atoms with E-state index in [4.69, 9.17) is 4.74 Å². The van der Waals surface area contributed by atoms with Gasteiger partial charge in [-0.2, -0.15) is 0 Å². The van der Waals surface area contributed by atoms with E-state index < -0.39 is 30.4 Å². The van der Waals surface area contributed by atoms with E-state index in [-0.39, 0.29) is 0 Å². The topological polar surface area (TPSA) is 134 Å². The van der Waals surface area contributed by atoms with Crippen molar-refractivity contribution in [1.82, 2.24) is 24.8 Å². The minimum Gasteiger partial charge on any atom is -0.387 e.